The fraction of sp³-hybridized carbons (Fsp3) is 0.409. The highest BCUT2D eigenvalue weighted by Gasteiger charge is 2.19. The molecule has 7 heteroatoms. The number of rotatable bonds is 6. The van der Waals surface area contributed by atoms with E-state index in [1.54, 1.807) is 13.2 Å². The lowest BCUT2D eigenvalue weighted by atomic mass is 9.96. The zero-order valence-corrected chi connectivity index (χ0v) is 20.1. The standard InChI is InChI=1S/C22H29ClN4O.HI/c1-16-3-5-18(6-4-16)15-27-11-9-17(10-12-27)14-25-22(24)26-19-7-8-21(28-2)20(23)13-19;/h3-8,13,17H,9-12,14-15H2,1-2H3,(H3,24,25,26);1H. The second-order valence-electron chi connectivity index (χ2n) is 7.41. The molecular weight excluding hydrogens is 499 g/mol. The molecule has 3 N–H and O–H groups in total. The van der Waals surface area contributed by atoms with Crippen molar-refractivity contribution in [3.63, 3.8) is 0 Å². The third kappa shape index (κ3) is 7.35. The van der Waals surface area contributed by atoms with E-state index in [2.05, 4.69) is 46.4 Å². The molecule has 1 fully saturated rings. The SMILES string of the molecule is COc1ccc(NC(N)=NCC2CCN(Cc3ccc(C)cc3)CC2)cc1Cl.I. The highest BCUT2D eigenvalue weighted by Crippen LogP contribution is 2.27. The molecule has 2 aromatic carbocycles. The minimum absolute atomic E-state index is 0. The van der Waals surface area contributed by atoms with E-state index in [9.17, 15) is 0 Å². The number of aliphatic imine (C=N–C) groups is 1. The highest BCUT2D eigenvalue weighted by molar-refractivity contribution is 14.0. The normalized spacial score (nSPS) is 15.6. The first-order valence-corrected chi connectivity index (χ1v) is 10.1. The zero-order chi connectivity index (χ0) is 19.9. The molecule has 2 aromatic rings. The smallest absolute Gasteiger partial charge is 0.193 e. The summed E-state index contributed by atoms with van der Waals surface area (Å²) < 4.78 is 5.16. The third-order valence-electron chi connectivity index (χ3n) is 5.18. The summed E-state index contributed by atoms with van der Waals surface area (Å²) in [5.74, 6) is 1.64. The summed E-state index contributed by atoms with van der Waals surface area (Å²) in [7, 11) is 1.59. The maximum absolute atomic E-state index is 6.14. The van der Waals surface area contributed by atoms with E-state index in [0.29, 0.717) is 22.6 Å². The van der Waals surface area contributed by atoms with E-state index in [-0.39, 0.29) is 24.0 Å². The number of hydrogen-bond acceptors (Lipinski definition) is 3. The number of nitrogens with two attached hydrogens (primary N) is 1. The summed E-state index contributed by atoms with van der Waals surface area (Å²) in [4.78, 5) is 7.04. The number of benzene rings is 2. The molecule has 0 aliphatic carbocycles. The monoisotopic (exact) mass is 528 g/mol. The maximum Gasteiger partial charge on any atom is 0.193 e. The van der Waals surface area contributed by atoms with Crippen molar-refractivity contribution in [1.29, 1.82) is 0 Å². The molecule has 0 amide bonds. The summed E-state index contributed by atoms with van der Waals surface area (Å²) in [6.45, 7) is 6.11. The Labute approximate surface area is 195 Å². The summed E-state index contributed by atoms with van der Waals surface area (Å²) in [5, 5.41) is 3.64. The van der Waals surface area contributed by atoms with Crippen molar-refractivity contribution in [3.05, 3.63) is 58.6 Å². The number of nitrogens with one attached hydrogen (secondary N) is 1. The van der Waals surface area contributed by atoms with E-state index in [0.717, 1.165) is 44.7 Å². The van der Waals surface area contributed by atoms with Gasteiger partial charge in [-0.1, -0.05) is 41.4 Å². The molecule has 0 saturated carbocycles. The van der Waals surface area contributed by atoms with Gasteiger partial charge in [-0.2, -0.15) is 0 Å². The van der Waals surface area contributed by atoms with Gasteiger partial charge in [-0.25, -0.2) is 0 Å². The molecule has 0 spiro atoms. The Bertz CT molecular complexity index is 805. The van der Waals surface area contributed by atoms with E-state index < -0.39 is 0 Å². The minimum atomic E-state index is 0. The van der Waals surface area contributed by atoms with Gasteiger partial charge in [-0.05, 0) is 62.5 Å². The number of methoxy groups -OCH3 is 1. The number of nitrogens with zero attached hydrogens (tertiary/aromatic N) is 2. The molecule has 5 nitrogen and oxygen atoms in total. The maximum atomic E-state index is 6.14. The van der Waals surface area contributed by atoms with Crippen molar-refractivity contribution in [2.24, 2.45) is 16.6 Å². The van der Waals surface area contributed by atoms with Gasteiger partial charge in [-0.3, -0.25) is 9.89 Å². The van der Waals surface area contributed by atoms with Crippen LogP contribution in [0.4, 0.5) is 5.69 Å². The lowest BCUT2D eigenvalue weighted by Gasteiger charge is -2.31. The summed E-state index contributed by atoms with van der Waals surface area (Å²) in [6.07, 6.45) is 2.30. The average molecular weight is 529 g/mol. The minimum Gasteiger partial charge on any atom is -0.495 e. The van der Waals surface area contributed by atoms with Crippen LogP contribution in [0.3, 0.4) is 0 Å². The lowest BCUT2D eigenvalue weighted by molar-refractivity contribution is 0.180. The van der Waals surface area contributed by atoms with Crippen molar-refractivity contribution in [2.45, 2.75) is 26.3 Å². The number of aryl methyl sites for hydroxylation is 1. The van der Waals surface area contributed by atoms with Crippen LogP contribution in [0.15, 0.2) is 47.5 Å². The molecule has 3 rings (SSSR count). The van der Waals surface area contributed by atoms with Crippen LogP contribution in [0.5, 0.6) is 5.75 Å². The van der Waals surface area contributed by atoms with Gasteiger partial charge in [0.1, 0.15) is 5.75 Å². The molecule has 0 bridgehead atoms. The summed E-state index contributed by atoms with van der Waals surface area (Å²) in [5.41, 5.74) is 9.54. The predicted octanol–water partition coefficient (Wildman–Crippen LogP) is 4.91. The van der Waals surface area contributed by atoms with Crippen LogP contribution in [0, 0.1) is 12.8 Å². The van der Waals surface area contributed by atoms with Gasteiger partial charge >= 0.3 is 0 Å². The Balaban J connectivity index is 0.00000300. The second-order valence-corrected chi connectivity index (χ2v) is 7.81. The first-order valence-electron chi connectivity index (χ1n) is 9.72. The van der Waals surface area contributed by atoms with E-state index in [1.165, 1.54) is 11.1 Å². The van der Waals surface area contributed by atoms with Crippen LogP contribution in [0.2, 0.25) is 5.02 Å². The summed E-state index contributed by atoms with van der Waals surface area (Å²) >= 11 is 6.14. The molecule has 29 heavy (non-hydrogen) atoms. The number of ether oxygens (including phenoxy) is 1. The molecule has 0 unspecified atom stereocenters. The van der Waals surface area contributed by atoms with Crippen molar-refractivity contribution >= 4 is 47.2 Å². The fourth-order valence-corrected chi connectivity index (χ4v) is 3.70. The Hall–Kier alpha value is -1.51. The van der Waals surface area contributed by atoms with E-state index in [1.807, 2.05) is 12.1 Å². The zero-order valence-electron chi connectivity index (χ0n) is 17.0. The second kappa shape index (κ2) is 11.6. The fourth-order valence-electron chi connectivity index (χ4n) is 3.44. The Morgan fingerprint density at radius 1 is 1.21 bits per heavy atom. The van der Waals surface area contributed by atoms with E-state index >= 15 is 0 Å². The first-order chi connectivity index (χ1) is 13.5. The van der Waals surface area contributed by atoms with Gasteiger partial charge in [0.25, 0.3) is 0 Å². The Morgan fingerprint density at radius 2 is 1.90 bits per heavy atom. The van der Waals surface area contributed by atoms with Gasteiger partial charge in [0.15, 0.2) is 5.96 Å². The van der Waals surface area contributed by atoms with Gasteiger partial charge in [-0.15, -0.1) is 24.0 Å². The van der Waals surface area contributed by atoms with Crippen molar-refractivity contribution in [2.75, 3.05) is 32.1 Å². The van der Waals surface area contributed by atoms with Crippen LogP contribution in [-0.2, 0) is 6.54 Å². The number of halogens is 2. The van der Waals surface area contributed by atoms with Gasteiger partial charge in [0, 0.05) is 18.8 Å². The van der Waals surface area contributed by atoms with E-state index in [4.69, 9.17) is 22.1 Å². The number of anilines is 1. The van der Waals surface area contributed by atoms with Crippen LogP contribution in [-0.4, -0.2) is 37.6 Å². The highest BCUT2D eigenvalue weighted by atomic mass is 127. The van der Waals surface area contributed by atoms with Crippen LogP contribution in [0.25, 0.3) is 0 Å². The summed E-state index contributed by atoms with van der Waals surface area (Å²) in [6, 6.07) is 14.3. The van der Waals surface area contributed by atoms with Crippen molar-refractivity contribution in [3.8, 4) is 5.75 Å². The molecule has 1 aliphatic heterocycles. The topological polar surface area (TPSA) is 62.9 Å². The van der Waals surface area contributed by atoms with Crippen LogP contribution < -0.4 is 15.8 Å². The Kier molecular flexibility index (Phi) is 9.52. The number of hydrogen-bond donors (Lipinski definition) is 2. The third-order valence-corrected chi connectivity index (χ3v) is 5.47. The Morgan fingerprint density at radius 3 is 2.52 bits per heavy atom. The van der Waals surface area contributed by atoms with Crippen molar-refractivity contribution in [1.82, 2.24) is 4.90 Å². The van der Waals surface area contributed by atoms with Crippen LogP contribution >= 0.6 is 35.6 Å². The molecule has 1 saturated heterocycles. The molecule has 0 atom stereocenters. The van der Waals surface area contributed by atoms with Crippen LogP contribution in [0.1, 0.15) is 24.0 Å². The number of guanidine groups is 1. The number of likely N-dealkylation sites (tertiary alicyclic amines) is 1. The number of piperidine rings is 1. The van der Waals surface area contributed by atoms with Gasteiger partial charge in [0.05, 0.1) is 12.1 Å². The lowest BCUT2D eigenvalue weighted by Crippen LogP contribution is -2.34. The predicted molar refractivity (Wildman–Crippen MR) is 133 cm³/mol. The molecule has 1 heterocycles. The largest absolute Gasteiger partial charge is 0.495 e. The molecule has 0 radical (unpaired) electrons. The molecular formula is C22H30ClIN4O. The average Bonchev–Trinajstić information content (AvgIpc) is 2.69. The molecule has 0 aromatic heterocycles. The molecule has 158 valence electrons. The van der Waals surface area contributed by atoms with Gasteiger partial charge in [0.2, 0.25) is 0 Å². The van der Waals surface area contributed by atoms with Crippen molar-refractivity contribution < 1.29 is 4.74 Å². The first kappa shape index (κ1) is 23.8. The quantitative estimate of drug-likeness (QED) is 0.318. The molecule has 1 aliphatic rings. The van der Waals surface area contributed by atoms with Gasteiger partial charge < -0.3 is 15.8 Å².